The number of likely N-dealkylation sites (tertiary alicyclic amines) is 1. The first-order valence-electron chi connectivity index (χ1n) is 10.8. The van der Waals surface area contributed by atoms with Crippen LogP contribution in [0.2, 0.25) is 0 Å². The summed E-state index contributed by atoms with van der Waals surface area (Å²) in [4.78, 5) is 24.0. The van der Waals surface area contributed by atoms with Crippen molar-refractivity contribution in [1.82, 2.24) is 20.0 Å². The Morgan fingerprint density at radius 2 is 1.90 bits per heavy atom. The molecule has 0 atom stereocenters. The van der Waals surface area contributed by atoms with E-state index >= 15 is 0 Å². The lowest BCUT2D eigenvalue weighted by atomic mass is 9.97. The van der Waals surface area contributed by atoms with Gasteiger partial charge in [-0.1, -0.05) is 0 Å². The van der Waals surface area contributed by atoms with Gasteiger partial charge in [0.2, 0.25) is 0 Å². The molecule has 1 amide bonds. The molecule has 2 saturated heterocycles. The van der Waals surface area contributed by atoms with Gasteiger partial charge in [0, 0.05) is 52.9 Å². The summed E-state index contributed by atoms with van der Waals surface area (Å²) in [5, 5.41) is 3.43. The van der Waals surface area contributed by atoms with Crippen LogP contribution in [0.1, 0.15) is 30.3 Å². The van der Waals surface area contributed by atoms with E-state index in [4.69, 9.17) is 14.1 Å². The first-order valence-corrected chi connectivity index (χ1v) is 10.8. The molecule has 0 radical (unpaired) electrons. The number of amides is 1. The van der Waals surface area contributed by atoms with Gasteiger partial charge in [0.15, 0.2) is 11.7 Å². The lowest BCUT2D eigenvalue weighted by molar-refractivity contribution is 0.0657. The fraction of sp³-hybridized carbons (Fsp3) is 0.714. The van der Waals surface area contributed by atoms with Crippen molar-refractivity contribution in [3.05, 3.63) is 24.2 Å². The Hall–Kier alpha value is -1.33. The summed E-state index contributed by atoms with van der Waals surface area (Å²) in [7, 11) is 1.76. The van der Waals surface area contributed by atoms with E-state index < -0.39 is 0 Å². The normalized spacial score (nSPS) is 18.9. The number of carbonyl (C=O) groups is 1. The quantitative estimate of drug-likeness (QED) is 0.329. The molecule has 0 saturated carbocycles. The molecule has 30 heavy (non-hydrogen) atoms. The number of halogens is 1. The summed E-state index contributed by atoms with van der Waals surface area (Å²) in [5.74, 6) is 2.00. The third-order valence-electron chi connectivity index (χ3n) is 5.75. The van der Waals surface area contributed by atoms with Crippen LogP contribution in [0.25, 0.3) is 0 Å². The molecule has 3 rings (SSSR count). The van der Waals surface area contributed by atoms with Crippen LogP contribution in [0.15, 0.2) is 27.8 Å². The fourth-order valence-electron chi connectivity index (χ4n) is 3.93. The van der Waals surface area contributed by atoms with Crippen LogP contribution >= 0.6 is 24.0 Å². The first-order chi connectivity index (χ1) is 14.2. The number of piperidine rings is 1. The second-order valence-corrected chi connectivity index (χ2v) is 7.73. The maximum absolute atomic E-state index is 12.4. The number of guanidine groups is 1. The monoisotopic (exact) mass is 533 g/mol. The maximum Gasteiger partial charge on any atom is 0.289 e. The minimum absolute atomic E-state index is 0. The van der Waals surface area contributed by atoms with Crippen molar-refractivity contribution < 1.29 is 13.9 Å². The zero-order valence-corrected chi connectivity index (χ0v) is 20.5. The van der Waals surface area contributed by atoms with E-state index in [-0.39, 0.29) is 29.9 Å². The van der Waals surface area contributed by atoms with Crippen molar-refractivity contribution in [3.8, 4) is 0 Å². The molecule has 2 aliphatic rings. The standard InChI is InChI=1S/C21H35N5O3.HI/c1-3-22-21(23-17-18-6-8-24(9-7-18)14-16-28-2)26-12-10-25(11-13-26)20(27)19-5-4-15-29-19;/h4-5,15,18H,3,6-14,16-17H2,1-2H3,(H,22,23);1H. The lowest BCUT2D eigenvalue weighted by Gasteiger charge is -2.36. The highest BCUT2D eigenvalue weighted by molar-refractivity contribution is 14.0. The zero-order valence-electron chi connectivity index (χ0n) is 18.2. The second kappa shape index (κ2) is 13.2. The van der Waals surface area contributed by atoms with Gasteiger partial charge in [-0.15, -0.1) is 24.0 Å². The molecule has 0 aromatic carbocycles. The van der Waals surface area contributed by atoms with Gasteiger partial charge in [0.1, 0.15) is 0 Å². The molecular weight excluding hydrogens is 497 g/mol. The number of hydrogen-bond acceptors (Lipinski definition) is 5. The van der Waals surface area contributed by atoms with Gasteiger partial charge in [-0.25, -0.2) is 0 Å². The van der Waals surface area contributed by atoms with E-state index in [0.717, 1.165) is 58.4 Å². The molecule has 0 spiro atoms. The Balaban J connectivity index is 0.00000320. The van der Waals surface area contributed by atoms with Gasteiger partial charge in [0.25, 0.3) is 5.91 Å². The minimum atomic E-state index is -0.0307. The fourth-order valence-corrected chi connectivity index (χ4v) is 3.93. The van der Waals surface area contributed by atoms with E-state index in [1.165, 1.54) is 12.8 Å². The molecule has 170 valence electrons. The molecule has 0 bridgehead atoms. The lowest BCUT2D eigenvalue weighted by Crippen LogP contribution is -2.53. The van der Waals surface area contributed by atoms with Crippen LogP contribution in [0.4, 0.5) is 0 Å². The predicted octanol–water partition coefficient (Wildman–Crippen LogP) is 1.98. The third-order valence-corrected chi connectivity index (χ3v) is 5.75. The smallest absolute Gasteiger partial charge is 0.289 e. The van der Waals surface area contributed by atoms with Crippen molar-refractivity contribution in [3.63, 3.8) is 0 Å². The number of ether oxygens (including phenoxy) is 1. The summed E-state index contributed by atoms with van der Waals surface area (Å²) < 4.78 is 10.4. The van der Waals surface area contributed by atoms with Crippen molar-refractivity contribution in [2.24, 2.45) is 10.9 Å². The van der Waals surface area contributed by atoms with Crippen molar-refractivity contribution in [2.45, 2.75) is 19.8 Å². The number of methoxy groups -OCH3 is 1. The number of rotatable bonds is 7. The van der Waals surface area contributed by atoms with E-state index in [9.17, 15) is 4.79 Å². The van der Waals surface area contributed by atoms with Crippen LogP contribution in [-0.2, 0) is 4.74 Å². The molecule has 1 aromatic heterocycles. The Morgan fingerprint density at radius 3 is 2.50 bits per heavy atom. The van der Waals surface area contributed by atoms with Gasteiger partial charge < -0.3 is 29.2 Å². The number of nitrogens with zero attached hydrogens (tertiary/aromatic N) is 4. The minimum Gasteiger partial charge on any atom is -0.459 e. The summed E-state index contributed by atoms with van der Waals surface area (Å²) in [6.45, 7) is 10.8. The van der Waals surface area contributed by atoms with Gasteiger partial charge in [-0.3, -0.25) is 9.79 Å². The summed E-state index contributed by atoms with van der Waals surface area (Å²) in [6.07, 6.45) is 3.93. The Bertz CT molecular complexity index is 639. The molecule has 0 aliphatic carbocycles. The summed E-state index contributed by atoms with van der Waals surface area (Å²) in [6, 6.07) is 3.47. The van der Waals surface area contributed by atoms with Gasteiger partial charge in [-0.2, -0.15) is 0 Å². The van der Waals surface area contributed by atoms with Crippen LogP contribution in [0, 0.1) is 5.92 Å². The van der Waals surface area contributed by atoms with Crippen molar-refractivity contribution in [2.75, 3.05) is 72.6 Å². The average Bonchev–Trinajstić information content (AvgIpc) is 3.30. The maximum atomic E-state index is 12.4. The number of furan rings is 1. The zero-order chi connectivity index (χ0) is 20.5. The second-order valence-electron chi connectivity index (χ2n) is 7.73. The third kappa shape index (κ3) is 7.12. The van der Waals surface area contributed by atoms with E-state index in [1.54, 1.807) is 25.5 Å². The largest absolute Gasteiger partial charge is 0.459 e. The molecule has 1 aromatic rings. The van der Waals surface area contributed by atoms with Crippen LogP contribution in [0.3, 0.4) is 0 Å². The Kier molecular flexibility index (Phi) is 10.9. The summed E-state index contributed by atoms with van der Waals surface area (Å²) in [5.41, 5.74) is 0. The van der Waals surface area contributed by atoms with E-state index in [1.807, 2.05) is 4.90 Å². The average molecular weight is 533 g/mol. The first kappa shape index (κ1) is 24.9. The van der Waals surface area contributed by atoms with Crippen molar-refractivity contribution >= 4 is 35.8 Å². The highest BCUT2D eigenvalue weighted by Crippen LogP contribution is 2.17. The molecule has 2 fully saturated rings. The molecule has 0 unspecified atom stereocenters. The van der Waals surface area contributed by atoms with Crippen molar-refractivity contribution in [1.29, 1.82) is 0 Å². The molecule has 9 heteroatoms. The van der Waals surface area contributed by atoms with Crippen LogP contribution in [-0.4, -0.2) is 99.2 Å². The number of nitrogens with one attached hydrogen (secondary N) is 1. The Labute approximate surface area is 197 Å². The number of piperazine rings is 1. The molecular formula is C21H36IN5O3. The van der Waals surface area contributed by atoms with E-state index in [2.05, 4.69) is 22.0 Å². The number of carbonyl (C=O) groups excluding carboxylic acids is 1. The van der Waals surface area contributed by atoms with E-state index in [0.29, 0.717) is 24.8 Å². The van der Waals surface area contributed by atoms with Gasteiger partial charge >= 0.3 is 0 Å². The highest BCUT2D eigenvalue weighted by Gasteiger charge is 2.25. The highest BCUT2D eigenvalue weighted by atomic mass is 127. The Morgan fingerprint density at radius 1 is 1.20 bits per heavy atom. The predicted molar refractivity (Wildman–Crippen MR) is 129 cm³/mol. The SMILES string of the molecule is CCNC(=NCC1CCN(CCOC)CC1)N1CCN(C(=O)c2ccco2)CC1.I. The molecule has 2 aliphatic heterocycles. The topological polar surface area (TPSA) is 73.6 Å². The van der Waals surface area contributed by atoms with Crippen LogP contribution < -0.4 is 5.32 Å². The number of hydrogen-bond donors (Lipinski definition) is 1. The molecule has 3 heterocycles. The number of aliphatic imine (C=N–C) groups is 1. The van der Waals surface area contributed by atoms with Gasteiger partial charge in [-0.05, 0) is 50.9 Å². The van der Waals surface area contributed by atoms with Gasteiger partial charge in [0.05, 0.1) is 12.9 Å². The van der Waals surface area contributed by atoms with Crippen LogP contribution in [0.5, 0.6) is 0 Å². The molecule has 8 nitrogen and oxygen atoms in total. The molecule has 1 N–H and O–H groups in total. The summed E-state index contributed by atoms with van der Waals surface area (Å²) >= 11 is 0.